The number of aromatic amines is 1. The van der Waals surface area contributed by atoms with Crippen molar-refractivity contribution >= 4 is 19.0 Å². The van der Waals surface area contributed by atoms with Crippen molar-refractivity contribution in [3.63, 3.8) is 0 Å². The van der Waals surface area contributed by atoms with Crippen molar-refractivity contribution in [1.29, 1.82) is 0 Å². The molecule has 0 aliphatic heterocycles. The first-order valence-corrected chi connectivity index (χ1v) is 12.0. The molecule has 2 aromatic rings. The Hall–Kier alpha value is -1.53. The van der Waals surface area contributed by atoms with Gasteiger partial charge in [0, 0.05) is 32.3 Å². The molecule has 0 bridgehead atoms. The summed E-state index contributed by atoms with van der Waals surface area (Å²) in [6.07, 6.45) is 4.25. The highest BCUT2D eigenvalue weighted by Crippen LogP contribution is 2.43. The number of fused-ring (bicyclic) bond motifs is 1. The van der Waals surface area contributed by atoms with E-state index in [2.05, 4.69) is 24.6 Å². The van der Waals surface area contributed by atoms with Crippen LogP contribution in [0, 0.1) is 0 Å². The van der Waals surface area contributed by atoms with E-state index in [9.17, 15) is 4.79 Å². The number of ether oxygens (including phenoxy) is 2. The summed E-state index contributed by atoms with van der Waals surface area (Å²) in [6.45, 7) is 8.06. The van der Waals surface area contributed by atoms with Crippen LogP contribution < -0.4 is 10.3 Å². The van der Waals surface area contributed by atoms with Gasteiger partial charge in [-0.15, -0.1) is 0 Å². The lowest BCUT2D eigenvalue weighted by Gasteiger charge is -2.16. The zero-order valence-corrected chi connectivity index (χ0v) is 15.4. The molecule has 3 rings (SSSR count). The van der Waals surface area contributed by atoms with E-state index in [4.69, 9.17) is 9.47 Å². The van der Waals surface area contributed by atoms with Crippen LogP contribution in [0.3, 0.4) is 0 Å². The molecule has 2 aromatic heterocycles. The van der Waals surface area contributed by atoms with Crippen molar-refractivity contribution in [3.05, 3.63) is 28.2 Å². The molecule has 6 heteroatoms. The maximum absolute atomic E-state index is 12.3. The maximum atomic E-state index is 12.3. The highest BCUT2D eigenvalue weighted by molar-refractivity contribution is 6.76. The molecule has 0 aromatic carbocycles. The van der Waals surface area contributed by atoms with Gasteiger partial charge in [0.2, 0.25) is 0 Å². The third-order valence-electron chi connectivity index (χ3n) is 4.39. The maximum Gasteiger partial charge on any atom is 0.272 e. The molecule has 2 heterocycles. The van der Waals surface area contributed by atoms with Crippen molar-refractivity contribution in [2.75, 3.05) is 13.7 Å². The average molecular weight is 334 g/mol. The Morgan fingerprint density at radius 2 is 2.09 bits per heavy atom. The largest absolute Gasteiger partial charge is 0.482 e. The first-order valence-electron chi connectivity index (χ1n) is 8.27. The SMILES string of the molecule is COc1cc2c(C3CC3)c[nH]c(=O)c2n1COCC[Si](C)(C)C. The molecule has 1 N–H and O–H groups in total. The average Bonchev–Trinajstić information content (AvgIpc) is 3.24. The van der Waals surface area contributed by atoms with Crippen LogP contribution >= 0.6 is 0 Å². The number of nitrogens with zero attached hydrogens (tertiary/aromatic N) is 1. The fraction of sp³-hybridized carbons (Fsp3) is 0.588. The molecule has 0 spiro atoms. The second kappa shape index (κ2) is 6.17. The Balaban J connectivity index is 1.89. The summed E-state index contributed by atoms with van der Waals surface area (Å²) in [5, 5.41) is 1.00. The van der Waals surface area contributed by atoms with Crippen molar-refractivity contribution in [2.24, 2.45) is 0 Å². The lowest BCUT2D eigenvalue weighted by atomic mass is 10.1. The molecule has 5 nitrogen and oxygen atoms in total. The van der Waals surface area contributed by atoms with E-state index in [1.807, 2.05) is 16.8 Å². The summed E-state index contributed by atoms with van der Waals surface area (Å²) in [7, 11) is 0.522. The monoisotopic (exact) mass is 334 g/mol. The van der Waals surface area contributed by atoms with Crippen LogP contribution in [0.25, 0.3) is 10.9 Å². The van der Waals surface area contributed by atoms with Crippen LogP contribution in [0.4, 0.5) is 0 Å². The molecule has 0 saturated heterocycles. The van der Waals surface area contributed by atoms with Gasteiger partial charge in [0.15, 0.2) is 5.88 Å². The van der Waals surface area contributed by atoms with Gasteiger partial charge in [-0.3, -0.25) is 9.36 Å². The summed E-state index contributed by atoms with van der Waals surface area (Å²) in [4.78, 5) is 15.2. The predicted octanol–water partition coefficient (Wildman–Crippen LogP) is 3.53. The molecular formula is C17H26N2O3Si. The van der Waals surface area contributed by atoms with Gasteiger partial charge in [0.25, 0.3) is 5.56 Å². The molecule has 23 heavy (non-hydrogen) atoms. The summed E-state index contributed by atoms with van der Waals surface area (Å²) < 4.78 is 13.2. The Labute approximate surface area is 137 Å². The van der Waals surface area contributed by atoms with Gasteiger partial charge in [-0.2, -0.15) is 0 Å². The second-order valence-electron chi connectivity index (χ2n) is 7.57. The lowest BCUT2D eigenvalue weighted by Crippen LogP contribution is -2.22. The minimum Gasteiger partial charge on any atom is -0.482 e. The molecule has 0 unspecified atom stereocenters. The normalized spacial score (nSPS) is 15.3. The van der Waals surface area contributed by atoms with E-state index in [0.29, 0.717) is 24.0 Å². The summed E-state index contributed by atoms with van der Waals surface area (Å²) in [6, 6.07) is 3.08. The van der Waals surface area contributed by atoms with Crippen LogP contribution in [0.5, 0.6) is 5.88 Å². The molecule has 126 valence electrons. The molecule has 1 saturated carbocycles. The van der Waals surface area contributed by atoms with E-state index in [1.54, 1.807) is 7.11 Å². The van der Waals surface area contributed by atoms with Gasteiger partial charge in [-0.25, -0.2) is 0 Å². The van der Waals surface area contributed by atoms with E-state index < -0.39 is 8.07 Å². The number of nitrogens with one attached hydrogen (secondary N) is 1. The highest BCUT2D eigenvalue weighted by atomic mass is 28.3. The minimum atomic E-state index is -1.11. The molecule has 1 aliphatic carbocycles. The van der Waals surface area contributed by atoms with E-state index in [1.165, 1.54) is 18.4 Å². The number of H-pyrrole nitrogens is 1. The van der Waals surface area contributed by atoms with Gasteiger partial charge >= 0.3 is 0 Å². The van der Waals surface area contributed by atoms with Crippen LogP contribution in [0.2, 0.25) is 25.7 Å². The summed E-state index contributed by atoms with van der Waals surface area (Å²) in [5.41, 5.74) is 1.81. The van der Waals surface area contributed by atoms with Gasteiger partial charge < -0.3 is 14.5 Å². The zero-order chi connectivity index (χ0) is 16.6. The van der Waals surface area contributed by atoms with Gasteiger partial charge in [0.1, 0.15) is 12.2 Å². The smallest absolute Gasteiger partial charge is 0.272 e. The highest BCUT2D eigenvalue weighted by Gasteiger charge is 2.28. The second-order valence-corrected chi connectivity index (χ2v) is 13.2. The topological polar surface area (TPSA) is 56.2 Å². The van der Waals surface area contributed by atoms with Crippen molar-refractivity contribution in [1.82, 2.24) is 9.55 Å². The molecule has 0 amide bonds. The zero-order valence-electron chi connectivity index (χ0n) is 14.4. The predicted molar refractivity (Wildman–Crippen MR) is 95.2 cm³/mol. The molecule has 0 atom stereocenters. The number of methoxy groups -OCH3 is 1. The molecule has 1 fully saturated rings. The number of rotatable bonds is 7. The number of hydrogen-bond acceptors (Lipinski definition) is 3. The molecule has 0 radical (unpaired) electrons. The van der Waals surface area contributed by atoms with Crippen molar-refractivity contribution < 1.29 is 9.47 Å². The van der Waals surface area contributed by atoms with Gasteiger partial charge in [-0.1, -0.05) is 19.6 Å². The summed E-state index contributed by atoms with van der Waals surface area (Å²) >= 11 is 0. The first kappa shape index (κ1) is 16.3. The fourth-order valence-electron chi connectivity index (χ4n) is 2.84. The number of hydrogen-bond donors (Lipinski definition) is 1. The van der Waals surface area contributed by atoms with Crippen LogP contribution in [-0.2, 0) is 11.5 Å². The van der Waals surface area contributed by atoms with E-state index >= 15 is 0 Å². The fourth-order valence-corrected chi connectivity index (χ4v) is 3.60. The Morgan fingerprint density at radius 3 is 2.70 bits per heavy atom. The Kier molecular flexibility index (Phi) is 4.38. The quantitative estimate of drug-likeness (QED) is 0.622. The number of pyridine rings is 1. The van der Waals surface area contributed by atoms with Gasteiger partial charge in [0.05, 0.1) is 7.11 Å². The van der Waals surface area contributed by atoms with Crippen molar-refractivity contribution in [2.45, 2.75) is 51.2 Å². The van der Waals surface area contributed by atoms with Crippen LogP contribution in [-0.4, -0.2) is 31.3 Å². The van der Waals surface area contributed by atoms with Crippen LogP contribution in [0.15, 0.2) is 17.1 Å². The standard InChI is InChI=1S/C17H26N2O3Si/c1-21-15-9-13-14(12-5-6-12)10-18-17(20)16(13)19(15)11-22-7-8-23(2,3)4/h9-10,12H,5-8,11H2,1-4H3,(H,18,20). The Bertz CT molecular complexity index is 754. The number of aromatic nitrogens is 2. The van der Waals surface area contributed by atoms with E-state index in [-0.39, 0.29) is 5.56 Å². The third-order valence-corrected chi connectivity index (χ3v) is 6.09. The lowest BCUT2D eigenvalue weighted by molar-refractivity contribution is 0.0846. The van der Waals surface area contributed by atoms with Crippen LogP contribution in [0.1, 0.15) is 24.3 Å². The summed E-state index contributed by atoms with van der Waals surface area (Å²) in [5.74, 6) is 1.26. The minimum absolute atomic E-state index is 0.0819. The third kappa shape index (κ3) is 3.53. The first-order chi connectivity index (χ1) is 10.9. The molecular weight excluding hydrogens is 308 g/mol. The Morgan fingerprint density at radius 1 is 1.35 bits per heavy atom. The van der Waals surface area contributed by atoms with Gasteiger partial charge in [-0.05, 0) is 30.4 Å². The molecule has 1 aliphatic rings. The van der Waals surface area contributed by atoms with Crippen molar-refractivity contribution in [3.8, 4) is 5.88 Å². The van der Waals surface area contributed by atoms with E-state index in [0.717, 1.165) is 18.0 Å².